The lowest BCUT2D eigenvalue weighted by molar-refractivity contribution is -0.121. The number of carbonyl (C=O) groups is 2. The molecule has 1 aliphatic heterocycles. The third-order valence-corrected chi connectivity index (χ3v) is 5.15. The van der Waals surface area contributed by atoms with E-state index in [1.807, 2.05) is 13.0 Å². The number of amides is 1. The molecule has 0 saturated carbocycles. The molecule has 2 aromatic rings. The average Bonchev–Trinajstić information content (AvgIpc) is 3.28. The monoisotopic (exact) mass is 416 g/mol. The van der Waals surface area contributed by atoms with Crippen LogP contribution in [0.4, 0.5) is 0 Å². The molecular weight excluding hydrogens is 396 g/mol. The van der Waals surface area contributed by atoms with E-state index in [-0.39, 0.29) is 18.3 Å². The number of thioether (sulfide) groups is 1. The minimum Gasteiger partial charge on any atom is -0.490 e. The van der Waals surface area contributed by atoms with Crippen LogP contribution in [-0.2, 0) is 11.4 Å². The zero-order valence-electron chi connectivity index (χ0n) is 16.2. The summed E-state index contributed by atoms with van der Waals surface area (Å²) in [5.41, 5.74) is 0.786. The zero-order valence-corrected chi connectivity index (χ0v) is 17.0. The molecule has 0 bridgehead atoms. The predicted octanol–water partition coefficient (Wildman–Crippen LogP) is 3.49. The van der Waals surface area contributed by atoms with E-state index in [1.165, 1.54) is 22.7 Å². The van der Waals surface area contributed by atoms with Crippen LogP contribution in [0.1, 0.15) is 28.8 Å². The highest BCUT2D eigenvalue weighted by Crippen LogP contribution is 2.34. The zero-order chi connectivity index (χ0) is 21.0. The molecule has 1 saturated heterocycles. The largest absolute Gasteiger partial charge is 0.490 e. The van der Waals surface area contributed by atoms with Crippen molar-refractivity contribution in [3.63, 3.8) is 0 Å². The van der Waals surface area contributed by atoms with Gasteiger partial charge >= 0.3 is 5.97 Å². The Balaban J connectivity index is 1.79. The molecule has 1 fully saturated rings. The van der Waals surface area contributed by atoms with Crippen molar-refractivity contribution in [3.8, 4) is 11.5 Å². The summed E-state index contributed by atoms with van der Waals surface area (Å²) >= 11 is 1.31. The molecular formula is C20H20N2O6S. The Morgan fingerprint density at radius 2 is 2.07 bits per heavy atom. The number of nitrogens with zero attached hydrogens (tertiary/aromatic N) is 2. The van der Waals surface area contributed by atoms with Crippen LogP contribution in [0.25, 0.3) is 6.08 Å². The lowest BCUT2D eigenvalue weighted by Crippen LogP contribution is -2.23. The van der Waals surface area contributed by atoms with Crippen LogP contribution >= 0.6 is 11.8 Å². The first-order valence-corrected chi connectivity index (χ1v) is 9.60. The van der Waals surface area contributed by atoms with Gasteiger partial charge in [0.15, 0.2) is 16.7 Å². The van der Waals surface area contributed by atoms with Crippen LogP contribution in [0.15, 0.2) is 44.6 Å². The van der Waals surface area contributed by atoms with Crippen LogP contribution in [0.2, 0.25) is 0 Å². The molecule has 3 rings (SSSR count). The molecule has 0 aliphatic carbocycles. The van der Waals surface area contributed by atoms with E-state index in [0.29, 0.717) is 33.9 Å². The fourth-order valence-electron chi connectivity index (χ4n) is 2.62. The number of carboxylic acid groups (broad SMARTS) is 1. The number of carbonyl (C=O) groups excluding carboxylic acids is 1. The molecule has 1 aromatic carbocycles. The summed E-state index contributed by atoms with van der Waals surface area (Å²) in [6.45, 7) is 2.35. The summed E-state index contributed by atoms with van der Waals surface area (Å²) in [6, 6.07) is 8.26. The molecule has 0 atom stereocenters. The maximum absolute atomic E-state index is 12.3. The topological polar surface area (TPSA) is 102 Å². The Kier molecular flexibility index (Phi) is 6.28. The van der Waals surface area contributed by atoms with E-state index in [2.05, 4.69) is 4.99 Å². The van der Waals surface area contributed by atoms with Gasteiger partial charge in [0, 0.05) is 14.1 Å². The molecule has 1 amide bonds. The Bertz CT molecular complexity index is 995. The predicted molar refractivity (Wildman–Crippen MR) is 109 cm³/mol. The maximum atomic E-state index is 12.3. The fourth-order valence-corrected chi connectivity index (χ4v) is 3.55. The quantitative estimate of drug-likeness (QED) is 0.690. The Labute approximate surface area is 171 Å². The number of aliphatic imine (C=N–C) groups is 1. The van der Waals surface area contributed by atoms with Gasteiger partial charge in [-0.15, -0.1) is 0 Å². The molecule has 1 N–H and O–H groups in total. The van der Waals surface area contributed by atoms with Gasteiger partial charge in [0.2, 0.25) is 5.76 Å². The van der Waals surface area contributed by atoms with Gasteiger partial charge in [-0.2, -0.15) is 0 Å². The van der Waals surface area contributed by atoms with Crippen LogP contribution < -0.4 is 9.47 Å². The first kappa shape index (κ1) is 20.5. The van der Waals surface area contributed by atoms with E-state index in [1.54, 1.807) is 38.4 Å². The van der Waals surface area contributed by atoms with Crippen molar-refractivity contribution in [2.45, 2.75) is 13.5 Å². The molecule has 29 heavy (non-hydrogen) atoms. The number of rotatable bonds is 7. The van der Waals surface area contributed by atoms with Crippen molar-refractivity contribution in [3.05, 3.63) is 52.3 Å². The number of carboxylic acids is 1. The second kappa shape index (κ2) is 8.87. The minimum absolute atomic E-state index is 0.0588. The van der Waals surface area contributed by atoms with Crippen LogP contribution in [0.5, 0.6) is 11.5 Å². The van der Waals surface area contributed by atoms with E-state index in [4.69, 9.17) is 19.0 Å². The second-order valence-electron chi connectivity index (χ2n) is 5.98. The molecule has 2 heterocycles. The summed E-state index contributed by atoms with van der Waals surface area (Å²) in [5, 5.41) is 9.56. The van der Waals surface area contributed by atoms with Gasteiger partial charge in [-0.05, 0) is 54.6 Å². The first-order chi connectivity index (χ1) is 13.9. The lowest BCUT2D eigenvalue weighted by Gasteiger charge is -2.12. The molecule has 9 heteroatoms. The van der Waals surface area contributed by atoms with Gasteiger partial charge in [0.1, 0.15) is 12.4 Å². The molecule has 8 nitrogen and oxygen atoms in total. The molecule has 1 aromatic heterocycles. The van der Waals surface area contributed by atoms with Gasteiger partial charge in [0.05, 0.1) is 11.5 Å². The SMILES string of the molecule is CCOc1cc(C=C2SC(=NC)N(C)C2=O)ccc1OCc1ccc(C(=O)O)o1. The summed E-state index contributed by atoms with van der Waals surface area (Å²) in [7, 11) is 3.33. The highest BCUT2D eigenvalue weighted by Gasteiger charge is 2.29. The van der Waals surface area contributed by atoms with Crippen LogP contribution in [0.3, 0.4) is 0 Å². The summed E-state index contributed by atoms with van der Waals surface area (Å²) in [4.78, 5) is 29.4. The highest BCUT2D eigenvalue weighted by atomic mass is 32.2. The molecule has 1 aliphatic rings. The standard InChI is InChI=1S/C20H20N2O6S/c1-4-26-16-9-12(10-17-18(23)22(3)20(21-2)29-17)5-7-14(16)27-11-13-6-8-15(28-13)19(24)25/h5-10H,4,11H2,1-3H3,(H,24,25). The number of furan rings is 1. The number of aromatic carboxylic acids is 1. The number of ether oxygens (including phenoxy) is 2. The number of benzene rings is 1. The molecule has 0 radical (unpaired) electrons. The smallest absolute Gasteiger partial charge is 0.371 e. The number of hydrogen-bond donors (Lipinski definition) is 1. The van der Waals surface area contributed by atoms with Crippen LogP contribution in [0, 0.1) is 0 Å². The number of amidine groups is 1. The molecule has 0 unspecified atom stereocenters. The van der Waals surface area contributed by atoms with Gasteiger partial charge in [-0.1, -0.05) is 6.07 Å². The van der Waals surface area contributed by atoms with E-state index in [9.17, 15) is 9.59 Å². The normalized spacial score (nSPS) is 16.7. The molecule has 152 valence electrons. The van der Waals surface area contributed by atoms with E-state index >= 15 is 0 Å². The summed E-state index contributed by atoms with van der Waals surface area (Å²) in [6.07, 6.45) is 1.78. The summed E-state index contributed by atoms with van der Waals surface area (Å²) < 4.78 is 16.6. The van der Waals surface area contributed by atoms with E-state index in [0.717, 1.165) is 5.56 Å². The highest BCUT2D eigenvalue weighted by molar-refractivity contribution is 8.18. The van der Waals surface area contributed by atoms with Gasteiger partial charge < -0.3 is 19.0 Å². The van der Waals surface area contributed by atoms with Crippen molar-refractivity contribution in [2.24, 2.45) is 4.99 Å². The van der Waals surface area contributed by atoms with Gasteiger partial charge in [-0.3, -0.25) is 14.7 Å². The van der Waals surface area contributed by atoms with Crippen molar-refractivity contribution >= 4 is 34.9 Å². The fraction of sp³-hybridized carbons (Fsp3) is 0.250. The van der Waals surface area contributed by atoms with Gasteiger partial charge in [-0.25, -0.2) is 4.79 Å². The minimum atomic E-state index is -1.13. The Hall–Kier alpha value is -3.20. The molecule has 0 spiro atoms. The Morgan fingerprint density at radius 3 is 2.69 bits per heavy atom. The van der Waals surface area contributed by atoms with Crippen molar-refractivity contribution < 1.29 is 28.6 Å². The lowest BCUT2D eigenvalue weighted by atomic mass is 10.2. The van der Waals surface area contributed by atoms with Crippen molar-refractivity contribution in [1.82, 2.24) is 4.90 Å². The third kappa shape index (κ3) is 4.62. The van der Waals surface area contributed by atoms with Crippen molar-refractivity contribution in [1.29, 1.82) is 0 Å². The van der Waals surface area contributed by atoms with Gasteiger partial charge in [0.25, 0.3) is 5.91 Å². The number of hydrogen-bond acceptors (Lipinski definition) is 7. The third-order valence-electron chi connectivity index (χ3n) is 4.00. The number of likely N-dealkylation sites (N-methyl/N-ethyl adjacent to an activating group) is 1. The maximum Gasteiger partial charge on any atom is 0.371 e. The summed E-state index contributed by atoms with van der Waals surface area (Å²) in [5.74, 6) is -0.000747. The Morgan fingerprint density at radius 1 is 1.28 bits per heavy atom. The van der Waals surface area contributed by atoms with E-state index < -0.39 is 5.97 Å². The van der Waals surface area contributed by atoms with Crippen LogP contribution in [-0.4, -0.2) is 47.8 Å². The first-order valence-electron chi connectivity index (χ1n) is 8.79. The second-order valence-corrected chi connectivity index (χ2v) is 6.99. The van der Waals surface area contributed by atoms with Crippen molar-refractivity contribution in [2.75, 3.05) is 20.7 Å². The average molecular weight is 416 g/mol.